The molecule has 2 aromatic heterocycles. The maximum Gasteiger partial charge on any atom is 0.180 e. The average molecular weight is 867 g/mol. The lowest BCUT2D eigenvalue weighted by Crippen LogP contribution is -2.72. The maximum absolute atomic E-state index is 2.71. The fourth-order valence-corrected chi connectivity index (χ4v) is 16.9. The fourth-order valence-electron chi connectivity index (χ4n) is 11.7. The SMILES string of the molecule is c1ccc(-c2ccc3c(c2)c2cc(-c4ccccc4)ccc2n3-c2ccc3c(c2)c2c4ccccc4ccc2n3-c2ccc3c(c2)[Si](c2ccccc2)(c2ccccc2)c2ccccc2-3)cc1. The number of benzene rings is 11. The third kappa shape index (κ3) is 5.56. The summed E-state index contributed by atoms with van der Waals surface area (Å²) in [6.45, 7) is 0. The van der Waals surface area contributed by atoms with Gasteiger partial charge in [-0.25, -0.2) is 0 Å². The van der Waals surface area contributed by atoms with Gasteiger partial charge in [0.05, 0.1) is 22.1 Å². The number of rotatable bonds is 6. The molecular weight excluding hydrogens is 825 g/mol. The van der Waals surface area contributed by atoms with Crippen LogP contribution in [-0.4, -0.2) is 17.2 Å². The molecule has 0 saturated carbocycles. The van der Waals surface area contributed by atoms with Gasteiger partial charge in [-0.15, -0.1) is 0 Å². The molecule has 0 radical (unpaired) electrons. The lowest BCUT2D eigenvalue weighted by molar-refractivity contribution is 1.17. The van der Waals surface area contributed by atoms with Gasteiger partial charge in [-0.3, -0.25) is 0 Å². The van der Waals surface area contributed by atoms with E-state index in [1.165, 1.54) is 114 Å². The first-order valence-electron chi connectivity index (χ1n) is 23.3. The Bertz CT molecular complexity index is 3940. The van der Waals surface area contributed by atoms with Crippen LogP contribution in [0.15, 0.2) is 255 Å². The average Bonchev–Trinajstić information content (AvgIpc) is 4.03. The lowest BCUT2D eigenvalue weighted by Gasteiger charge is -2.31. The van der Waals surface area contributed by atoms with Gasteiger partial charge >= 0.3 is 0 Å². The summed E-state index contributed by atoms with van der Waals surface area (Å²) < 4.78 is 5.01. The van der Waals surface area contributed by atoms with Gasteiger partial charge in [0.1, 0.15) is 0 Å². The van der Waals surface area contributed by atoms with Gasteiger partial charge in [0.2, 0.25) is 0 Å². The van der Waals surface area contributed by atoms with Gasteiger partial charge in [0.15, 0.2) is 8.07 Å². The lowest BCUT2D eigenvalue weighted by atomic mass is 10.0. The molecule has 11 aromatic carbocycles. The molecule has 0 unspecified atom stereocenters. The Hall–Kier alpha value is -8.50. The van der Waals surface area contributed by atoms with Crippen LogP contribution in [0.3, 0.4) is 0 Å². The molecule has 312 valence electrons. The third-order valence-electron chi connectivity index (χ3n) is 14.6. The van der Waals surface area contributed by atoms with Crippen molar-refractivity contribution in [1.82, 2.24) is 9.13 Å². The summed E-state index contributed by atoms with van der Waals surface area (Å²) in [5, 5.41) is 13.2. The van der Waals surface area contributed by atoms with E-state index < -0.39 is 8.07 Å². The Kier molecular flexibility index (Phi) is 8.34. The smallest absolute Gasteiger partial charge is 0.180 e. The predicted octanol–water partition coefficient (Wildman–Crippen LogP) is 13.7. The highest BCUT2D eigenvalue weighted by Crippen LogP contribution is 2.42. The summed E-state index contributed by atoms with van der Waals surface area (Å²) in [6.07, 6.45) is 0. The van der Waals surface area contributed by atoms with Gasteiger partial charge in [-0.2, -0.15) is 0 Å². The molecule has 3 heteroatoms. The Morgan fingerprint density at radius 1 is 0.269 bits per heavy atom. The molecule has 2 nitrogen and oxygen atoms in total. The second-order valence-corrected chi connectivity index (χ2v) is 21.7. The quantitative estimate of drug-likeness (QED) is 0.147. The van der Waals surface area contributed by atoms with Gasteiger partial charge in [0, 0.05) is 32.9 Å². The molecule has 67 heavy (non-hydrogen) atoms. The normalized spacial score (nSPS) is 12.9. The highest BCUT2D eigenvalue weighted by atomic mass is 28.3. The molecule has 1 aliphatic heterocycles. The molecule has 0 fully saturated rings. The van der Waals surface area contributed by atoms with Gasteiger partial charge in [-0.05, 0) is 126 Å². The molecule has 0 spiro atoms. The molecule has 0 amide bonds. The zero-order chi connectivity index (χ0) is 44.1. The van der Waals surface area contributed by atoms with Crippen LogP contribution in [0.4, 0.5) is 0 Å². The second-order valence-electron chi connectivity index (χ2n) is 18.0. The number of hydrogen-bond donors (Lipinski definition) is 0. The van der Waals surface area contributed by atoms with Crippen molar-refractivity contribution in [3.05, 3.63) is 255 Å². The number of nitrogens with zero attached hydrogens (tertiary/aromatic N) is 2. The van der Waals surface area contributed by atoms with E-state index in [1.54, 1.807) is 0 Å². The van der Waals surface area contributed by atoms with E-state index in [1.807, 2.05) is 0 Å². The summed E-state index contributed by atoms with van der Waals surface area (Å²) in [7, 11) is -2.71. The molecule has 13 aromatic rings. The van der Waals surface area contributed by atoms with Crippen LogP contribution in [0.5, 0.6) is 0 Å². The van der Waals surface area contributed by atoms with E-state index in [9.17, 15) is 0 Å². The van der Waals surface area contributed by atoms with Gasteiger partial charge in [0.25, 0.3) is 0 Å². The predicted molar refractivity (Wildman–Crippen MR) is 286 cm³/mol. The largest absolute Gasteiger partial charge is 0.309 e. The number of aromatic nitrogens is 2. The highest BCUT2D eigenvalue weighted by molar-refractivity contribution is 7.22. The Morgan fingerprint density at radius 3 is 1.40 bits per heavy atom. The molecule has 3 heterocycles. The van der Waals surface area contributed by atoms with E-state index in [2.05, 4.69) is 264 Å². The van der Waals surface area contributed by atoms with Crippen LogP contribution in [0.1, 0.15) is 0 Å². The second kappa shape index (κ2) is 14.8. The van der Waals surface area contributed by atoms with E-state index in [0.29, 0.717) is 0 Å². The first-order chi connectivity index (χ1) is 33.2. The van der Waals surface area contributed by atoms with Crippen LogP contribution in [0, 0.1) is 0 Å². The topological polar surface area (TPSA) is 9.86 Å². The first-order valence-corrected chi connectivity index (χ1v) is 25.3. The monoisotopic (exact) mass is 866 g/mol. The van der Waals surface area contributed by atoms with E-state index in [-0.39, 0.29) is 0 Å². The van der Waals surface area contributed by atoms with E-state index in [0.717, 1.165) is 5.69 Å². The number of hydrogen-bond acceptors (Lipinski definition) is 0. The molecule has 0 N–H and O–H groups in total. The minimum atomic E-state index is -2.71. The number of fused-ring (bicyclic) bond motifs is 11. The molecule has 0 saturated heterocycles. The van der Waals surface area contributed by atoms with Crippen molar-refractivity contribution in [3.63, 3.8) is 0 Å². The van der Waals surface area contributed by atoms with Crippen LogP contribution in [0.2, 0.25) is 0 Å². The van der Waals surface area contributed by atoms with Crippen molar-refractivity contribution in [2.45, 2.75) is 0 Å². The van der Waals surface area contributed by atoms with Crippen molar-refractivity contribution in [3.8, 4) is 44.8 Å². The molecule has 14 rings (SSSR count). The van der Waals surface area contributed by atoms with Crippen molar-refractivity contribution in [2.75, 3.05) is 0 Å². The fraction of sp³-hybridized carbons (Fsp3) is 0. The van der Waals surface area contributed by atoms with Crippen LogP contribution in [0.25, 0.3) is 99.1 Å². The molecular formula is C64H42N2Si. The standard InChI is InChI=1S/C64H42N2Si/c1-5-17-43(18-6-1)46-30-35-58-55(39-46)56-40-47(44-19-7-2-8-20-44)31-36-59(56)65(58)48-33-38-60-57(41-48)64-52-26-14-13-21-45(52)29-37-61(64)66(60)49-32-34-54-53-27-15-16-28-62(53)67(63(54)42-49,50-22-9-3-10-23-50)51-24-11-4-12-25-51/h1-42H. The third-order valence-corrected chi connectivity index (χ3v) is 19.4. The van der Waals surface area contributed by atoms with Crippen molar-refractivity contribution in [2.24, 2.45) is 0 Å². The Labute approximate surface area is 389 Å². The summed E-state index contributed by atoms with van der Waals surface area (Å²) >= 11 is 0. The van der Waals surface area contributed by atoms with Crippen molar-refractivity contribution >= 4 is 83.2 Å². The Morgan fingerprint density at radius 2 is 0.746 bits per heavy atom. The summed E-state index contributed by atoms with van der Waals surface area (Å²) in [5.41, 5.74) is 14.6. The highest BCUT2D eigenvalue weighted by Gasteiger charge is 2.48. The van der Waals surface area contributed by atoms with Crippen LogP contribution in [-0.2, 0) is 0 Å². The van der Waals surface area contributed by atoms with Crippen LogP contribution < -0.4 is 20.7 Å². The zero-order valence-corrected chi connectivity index (χ0v) is 37.6. The summed E-state index contributed by atoms with van der Waals surface area (Å²) in [4.78, 5) is 0. The maximum atomic E-state index is 2.55. The molecule has 0 bridgehead atoms. The minimum Gasteiger partial charge on any atom is -0.309 e. The molecule has 0 aliphatic carbocycles. The zero-order valence-electron chi connectivity index (χ0n) is 36.6. The van der Waals surface area contributed by atoms with Gasteiger partial charge in [-0.1, -0.05) is 194 Å². The van der Waals surface area contributed by atoms with E-state index >= 15 is 0 Å². The van der Waals surface area contributed by atoms with E-state index in [4.69, 9.17) is 0 Å². The minimum absolute atomic E-state index is 1.14. The molecule has 0 atom stereocenters. The van der Waals surface area contributed by atoms with Gasteiger partial charge < -0.3 is 9.13 Å². The van der Waals surface area contributed by atoms with Crippen molar-refractivity contribution in [1.29, 1.82) is 0 Å². The summed E-state index contributed by atoms with van der Waals surface area (Å²) in [6, 6.07) is 95.2. The summed E-state index contributed by atoms with van der Waals surface area (Å²) in [5.74, 6) is 0. The molecule has 1 aliphatic rings. The van der Waals surface area contributed by atoms with Crippen molar-refractivity contribution < 1.29 is 0 Å². The van der Waals surface area contributed by atoms with Crippen LogP contribution >= 0.6 is 0 Å². The Balaban J connectivity index is 1.03. The first kappa shape index (κ1) is 37.8.